The van der Waals surface area contributed by atoms with Crippen LogP contribution in [0.3, 0.4) is 0 Å². The number of pyridine rings is 3. The normalized spacial score (nSPS) is 12.0. The molecule has 0 spiro atoms. The van der Waals surface area contributed by atoms with Crippen molar-refractivity contribution in [2.75, 3.05) is 0 Å². The van der Waals surface area contributed by atoms with Crippen LogP contribution in [-0.4, -0.2) is 15.0 Å². The van der Waals surface area contributed by atoms with Crippen LogP contribution in [0.2, 0.25) is 0 Å². The zero-order valence-electron chi connectivity index (χ0n) is 13.2. The Morgan fingerprint density at radius 1 is 0.480 bits per heavy atom. The molecule has 7 heteroatoms. The van der Waals surface area contributed by atoms with Gasteiger partial charge in [0, 0.05) is 87.7 Å². The Morgan fingerprint density at radius 2 is 0.720 bits per heavy atom. The molecule has 4 aromatic rings. The summed E-state index contributed by atoms with van der Waals surface area (Å²) in [7, 11) is 0. The number of nitrogens with zero attached hydrogens (tertiary/aromatic N) is 3. The minimum absolute atomic E-state index is 0. The summed E-state index contributed by atoms with van der Waals surface area (Å²) in [6, 6.07) is 18.6. The molecule has 6 bridgehead atoms. The first kappa shape index (κ1) is 17.3. The Hall–Kier alpha value is -2.50. The van der Waals surface area contributed by atoms with Crippen LogP contribution in [0.4, 0.5) is 0 Å². The van der Waals surface area contributed by atoms with Crippen LogP contribution in [0.5, 0.6) is 0 Å². The maximum absolute atomic E-state index is 4.73. The maximum Gasteiger partial charge on any atom is 0.0466 e. The Morgan fingerprint density at radius 3 is 0.920 bits per heavy atom. The zero-order chi connectivity index (χ0) is 16.2. The summed E-state index contributed by atoms with van der Waals surface area (Å²) >= 11 is 0. The number of hydrogen-bond donors (Lipinski definition) is 0. The van der Waals surface area contributed by atoms with E-state index < -0.39 is 0 Å². The molecule has 0 unspecified atom stereocenters. The first-order valence-electron chi connectivity index (χ1n) is 7.70. The van der Waals surface area contributed by atoms with E-state index in [1.165, 1.54) is 0 Å². The maximum atomic E-state index is 4.73. The van der Waals surface area contributed by atoms with E-state index >= 15 is 0 Å². The van der Waals surface area contributed by atoms with Gasteiger partial charge in [0.25, 0.3) is 0 Å². The molecule has 129 valence electrons. The average Bonchev–Trinajstić information content (AvgIpc) is 3.44. The van der Waals surface area contributed by atoms with Crippen molar-refractivity contribution in [3.63, 3.8) is 0 Å². The fourth-order valence-corrected chi connectivity index (χ4v) is 2.74. The van der Waals surface area contributed by atoms with Crippen LogP contribution in [0, 0.1) is 0 Å². The molecule has 5 rings (SSSR count). The molecule has 4 aromatic heterocycles. The van der Waals surface area contributed by atoms with E-state index in [2.05, 4.69) is 68.8 Å². The molecular formula is C18H15IrN3O3. The third-order valence-electron chi connectivity index (χ3n) is 3.75. The second-order valence-electron chi connectivity index (χ2n) is 5.60. The largest absolute Gasteiger partial charge is 0.257 e. The van der Waals surface area contributed by atoms with Crippen LogP contribution in [0.25, 0.3) is 0 Å². The summed E-state index contributed by atoms with van der Waals surface area (Å²) in [6.45, 7) is 0. The minimum atomic E-state index is 0. The molecule has 1 aliphatic heterocycles. The number of aromatic nitrogens is 3. The van der Waals surface area contributed by atoms with Crippen molar-refractivity contribution in [3.8, 4) is 0 Å². The second kappa shape index (κ2) is 8.05. The average molecular weight is 514 g/mol. The van der Waals surface area contributed by atoms with E-state index in [0.29, 0.717) is 0 Å². The van der Waals surface area contributed by atoms with Crippen LogP contribution in [0.15, 0.2) is 68.8 Å². The van der Waals surface area contributed by atoms with Gasteiger partial charge in [-0.2, -0.15) is 0 Å². The van der Waals surface area contributed by atoms with Crippen molar-refractivity contribution in [2.45, 2.75) is 19.3 Å². The van der Waals surface area contributed by atoms with Gasteiger partial charge in [0.2, 0.25) is 0 Å². The molecule has 0 aliphatic carbocycles. The molecular weight excluding hydrogens is 498 g/mol. The van der Waals surface area contributed by atoms with Crippen LogP contribution >= 0.6 is 0 Å². The van der Waals surface area contributed by atoms with Gasteiger partial charge in [-0.1, -0.05) is 18.2 Å². The number of rotatable bonds is 0. The topological polar surface area (TPSA) is 78.1 Å². The fourth-order valence-electron chi connectivity index (χ4n) is 2.74. The van der Waals surface area contributed by atoms with Crippen molar-refractivity contribution >= 4 is 0 Å². The summed E-state index contributed by atoms with van der Waals surface area (Å²) in [4.78, 5) is 14.2. The quantitative estimate of drug-likeness (QED) is 0.296. The van der Waals surface area contributed by atoms with E-state index in [4.69, 9.17) is 15.0 Å². The predicted molar refractivity (Wildman–Crippen MR) is 84.4 cm³/mol. The number of hydrogen-bond acceptors (Lipinski definition) is 6. The molecule has 6 nitrogen and oxygen atoms in total. The Kier molecular flexibility index (Phi) is 5.58. The number of fused-ring (bicyclic) bond motifs is 6. The monoisotopic (exact) mass is 514 g/mol. The molecule has 1 aliphatic rings. The molecule has 0 saturated heterocycles. The summed E-state index contributed by atoms with van der Waals surface area (Å²) in [6.07, 6.45) is 2.34. The van der Waals surface area contributed by atoms with Gasteiger partial charge in [0.1, 0.15) is 0 Å². The van der Waals surface area contributed by atoms with Gasteiger partial charge < -0.3 is 0 Å². The van der Waals surface area contributed by atoms with Crippen molar-refractivity contribution < 1.29 is 34.3 Å². The Labute approximate surface area is 157 Å². The van der Waals surface area contributed by atoms with Crippen LogP contribution in [-0.2, 0) is 39.4 Å². The molecule has 0 aromatic carbocycles. The smallest absolute Gasteiger partial charge is 0.0466 e. The molecule has 0 fully saturated rings. The fraction of sp³-hybridized carbons (Fsp3) is 0.167. The predicted octanol–water partition coefficient (Wildman–Crippen LogP) is 3.42. The summed E-state index contributed by atoms with van der Waals surface area (Å²) in [5, 5.41) is 0. The van der Waals surface area contributed by atoms with Crippen molar-refractivity contribution in [1.82, 2.24) is 15.0 Å². The van der Waals surface area contributed by atoms with Gasteiger partial charge in [-0.3, -0.25) is 15.0 Å². The van der Waals surface area contributed by atoms with Gasteiger partial charge in [-0.05, 0) is 36.4 Å². The third-order valence-corrected chi connectivity index (χ3v) is 3.75. The van der Waals surface area contributed by atoms with Gasteiger partial charge >= 0.3 is 0 Å². The first-order valence-corrected chi connectivity index (χ1v) is 7.70. The van der Waals surface area contributed by atoms with Crippen LogP contribution < -0.4 is 0 Å². The van der Waals surface area contributed by atoms with Crippen molar-refractivity contribution in [1.29, 1.82) is 0 Å². The Bertz CT molecular complexity index is 756. The zero-order valence-corrected chi connectivity index (χ0v) is 15.6. The van der Waals surface area contributed by atoms with E-state index in [1.807, 2.05) is 0 Å². The minimum Gasteiger partial charge on any atom is -0.257 e. The van der Waals surface area contributed by atoms with E-state index in [1.54, 1.807) is 0 Å². The summed E-state index contributed by atoms with van der Waals surface area (Å²) in [5.41, 5.74) is 6.38. The Balaban J connectivity index is 0.000000414. The molecule has 0 amide bonds. The summed E-state index contributed by atoms with van der Waals surface area (Å²) < 4.78 is 10.5. The standard InChI is InChI=1S/C18H15N3.Ir.O3/c1-4-13-10-15-6-2-8-17(20-15)12-18-9-3-7-16(21-18)11-14(5-1)19-13;;1-2-3-1/h1-9H,10-12H2;;. The second-order valence-corrected chi connectivity index (χ2v) is 5.60. The molecule has 0 saturated carbocycles. The molecule has 5 heterocycles. The third kappa shape index (κ3) is 4.98. The molecule has 1 radical (unpaired) electrons. The van der Waals surface area contributed by atoms with Gasteiger partial charge in [-0.25, -0.2) is 0 Å². The van der Waals surface area contributed by atoms with E-state index in [-0.39, 0.29) is 20.1 Å². The molecule has 0 N–H and O–H groups in total. The SMILES string of the molecule is [Ir].c1cc2nc(c1)Cc1cccc(n1)Cc1cccc(n1)C2.o1oo1. The van der Waals surface area contributed by atoms with E-state index in [0.717, 1.165) is 53.4 Å². The molecule has 25 heavy (non-hydrogen) atoms. The van der Waals surface area contributed by atoms with Gasteiger partial charge in [-0.15, -0.1) is 0 Å². The van der Waals surface area contributed by atoms with Gasteiger partial charge in [0.15, 0.2) is 0 Å². The van der Waals surface area contributed by atoms with Gasteiger partial charge in [0.05, 0.1) is 0 Å². The van der Waals surface area contributed by atoms with Crippen LogP contribution in [0.1, 0.15) is 34.2 Å². The van der Waals surface area contributed by atoms with Crippen molar-refractivity contribution in [2.24, 2.45) is 0 Å². The summed E-state index contributed by atoms with van der Waals surface area (Å²) in [5.74, 6) is 0. The first-order chi connectivity index (χ1) is 11.8. The van der Waals surface area contributed by atoms with E-state index in [9.17, 15) is 0 Å². The van der Waals surface area contributed by atoms with Crippen molar-refractivity contribution in [3.05, 3.63) is 88.8 Å². The molecule has 0 atom stereocenters.